The summed E-state index contributed by atoms with van der Waals surface area (Å²) in [5, 5.41) is 19.8. The van der Waals surface area contributed by atoms with E-state index < -0.39 is 24.2 Å². The van der Waals surface area contributed by atoms with Crippen molar-refractivity contribution >= 4 is 5.91 Å². The van der Waals surface area contributed by atoms with Crippen LogP contribution in [0.25, 0.3) is 0 Å². The molecule has 2 bridgehead atoms. The van der Waals surface area contributed by atoms with Crippen LogP contribution in [0.3, 0.4) is 0 Å². The van der Waals surface area contributed by atoms with Gasteiger partial charge in [-0.25, -0.2) is 0 Å². The third-order valence-corrected chi connectivity index (χ3v) is 13.0. The molecule has 3 aliphatic carbocycles. The third-order valence-electron chi connectivity index (χ3n) is 13.0. The first-order chi connectivity index (χ1) is 23.3. The predicted molar refractivity (Wildman–Crippen MR) is 194 cm³/mol. The van der Waals surface area contributed by atoms with Crippen molar-refractivity contribution < 1.29 is 24.2 Å². The molecule has 49 heavy (non-hydrogen) atoms. The molecule has 10 heteroatoms. The van der Waals surface area contributed by atoms with Crippen LogP contribution in [-0.4, -0.2) is 105 Å². The van der Waals surface area contributed by atoms with E-state index >= 15 is 0 Å². The Balaban J connectivity index is 1.29. The summed E-state index contributed by atoms with van der Waals surface area (Å²) in [6, 6.07) is 6.23. The number of nitrogens with zero attached hydrogens (tertiary/aromatic N) is 2. The van der Waals surface area contributed by atoms with Crippen molar-refractivity contribution in [3.8, 4) is 5.75 Å². The smallest absolute Gasteiger partial charge is 0.240 e. The van der Waals surface area contributed by atoms with Crippen LogP contribution >= 0.6 is 0 Å². The number of aryl methyl sites for hydroxylation is 1. The van der Waals surface area contributed by atoms with Crippen LogP contribution in [0.1, 0.15) is 84.3 Å². The van der Waals surface area contributed by atoms with E-state index in [1.807, 2.05) is 0 Å². The van der Waals surface area contributed by atoms with Gasteiger partial charge in [-0.1, -0.05) is 39.0 Å². The number of nitrogens with one attached hydrogen (secondary N) is 2. The molecule has 0 aromatic heterocycles. The zero-order chi connectivity index (χ0) is 35.5. The van der Waals surface area contributed by atoms with Gasteiger partial charge >= 0.3 is 0 Å². The molecule has 1 amide bonds. The van der Waals surface area contributed by atoms with Gasteiger partial charge in [-0.2, -0.15) is 5.06 Å². The first kappa shape index (κ1) is 38.4. The summed E-state index contributed by atoms with van der Waals surface area (Å²) in [7, 11) is 6.03. The molecule has 2 heterocycles. The van der Waals surface area contributed by atoms with Gasteiger partial charge in [0.2, 0.25) is 5.91 Å². The second kappa shape index (κ2) is 16.7. The standard InChI is InChI=1S/C39H67N5O5/c1-24(43(6)7)17-27(21-41-22-31-13-10-16-48-31)14-15-28-11-9-12-29(37(28)47-8)23-44-36(35(26(3)45)34(20-40)49-44)38(46)42-33-19-30-18-32(25(33)2)39(30,4)5/h9,11-12,24-27,30-36,41,45H,10,13-23,40H2,1-8H3,(H,42,46)/t24?,25-,26-,27?,30+,31+,32+,33-,34-,35+,36-/m0/s1. The number of carbonyl (C=O) groups is 1. The van der Waals surface area contributed by atoms with Gasteiger partial charge in [-0.15, -0.1) is 0 Å². The van der Waals surface area contributed by atoms with E-state index in [9.17, 15) is 9.90 Å². The Morgan fingerprint density at radius 1 is 1.22 bits per heavy atom. The maximum Gasteiger partial charge on any atom is 0.240 e. The predicted octanol–water partition coefficient (Wildman–Crippen LogP) is 3.98. The van der Waals surface area contributed by atoms with Gasteiger partial charge < -0.3 is 35.8 Å². The molecule has 2 saturated heterocycles. The van der Waals surface area contributed by atoms with E-state index in [-0.39, 0.29) is 18.5 Å². The van der Waals surface area contributed by atoms with Crippen LogP contribution in [0.5, 0.6) is 5.75 Å². The Hall–Kier alpha value is -1.79. The topological polar surface area (TPSA) is 122 Å². The molecule has 278 valence electrons. The van der Waals surface area contributed by atoms with Gasteiger partial charge in [0.1, 0.15) is 11.8 Å². The van der Waals surface area contributed by atoms with Crippen molar-refractivity contribution in [2.75, 3.05) is 47.4 Å². The Kier molecular flexibility index (Phi) is 13.1. The summed E-state index contributed by atoms with van der Waals surface area (Å²) >= 11 is 0. The minimum absolute atomic E-state index is 0.0821. The molecule has 10 nitrogen and oxygen atoms in total. The molecule has 2 aliphatic heterocycles. The lowest BCUT2D eigenvalue weighted by molar-refractivity contribution is -0.175. The molecular formula is C39H67N5O5. The lowest BCUT2D eigenvalue weighted by atomic mass is 9.45. The maximum absolute atomic E-state index is 14.2. The first-order valence-corrected chi connectivity index (χ1v) is 19.1. The van der Waals surface area contributed by atoms with Crippen molar-refractivity contribution in [1.82, 2.24) is 20.6 Å². The highest BCUT2D eigenvalue weighted by molar-refractivity contribution is 5.83. The number of para-hydroxylation sites is 1. The van der Waals surface area contributed by atoms with Gasteiger partial charge in [0, 0.05) is 43.3 Å². The summed E-state index contributed by atoms with van der Waals surface area (Å²) in [6.07, 6.45) is 6.68. The van der Waals surface area contributed by atoms with Crippen LogP contribution in [-0.2, 0) is 27.3 Å². The number of aliphatic hydroxyl groups excluding tert-OH is 1. The highest BCUT2D eigenvalue weighted by Crippen LogP contribution is 2.61. The van der Waals surface area contributed by atoms with Gasteiger partial charge in [-0.3, -0.25) is 9.63 Å². The van der Waals surface area contributed by atoms with Crippen LogP contribution in [0.15, 0.2) is 18.2 Å². The van der Waals surface area contributed by atoms with Crippen molar-refractivity contribution in [3.63, 3.8) is 0 Å². The number of hydrogen-bond donors (Lipinski definition) is 4. The Morgan fingerprint density at radius 3 is 2.59 bits per heavy atom. The van der Waals surface area contributed by atoms with Crippen molar-refractivity contribution in [3.05, 3.63) is 29.3 Å². The number of methoxy groups -OCH3 is 1. The number of hydrogen-bond acceptors (Lipinski definition) is 9. The van der Waals surface area contributed by atoms with E-state index in [1.54, 1.807) is 19.1 Å². The summed E-state index contributed by atoms with van der Waals surface area (Å²) < 4.78 is 11.9. The number of nitrogens with two attached hydrogens (primary N) is 1. The quantitative estimate of drug-likeness (QED) is 0.193. The fourth-order valence-corrected chi connectivity index (χ4v) is 9.53. The van der Waals surface area contributed by atoms with Gasteiger partial charge in [0.25, 0.3) is 0 Å². The molecule has 0 radical (unpaired) electrons. The average Bonchev–Trinajstić information content (AvgIpc) is 3.72. The van der Waals surface area contributed by atoms with Crippen LogP contribution < -0.4 is 21.1 Å². The average molecular weight is 686 g/mol. The molecule has 5 fully saturated rings. The van der Waals surface area contributed by atoms with Crippen LogP contribution in [0.4, 0.5) is 0 Å². The number of hydroxylamine groups is 2. The SMILES string of the molecule is COc1c(CCC(CNC[C@H]2CCCO2)CC(C)N(C)C)cccc1CN1O[C@@H](CN)[C@@H]([C@H](C)O)[C@H]1C(=O)N[C@H]1C[C@H]2C[C@H]([C@@H]1C)C2(C)C. The molecule has 5 N–H and O–H groups in total. The molecule has 5 aliphatic rings. The fourth-order valence-electron chi connectivity index (χ4n) is 9.53. The second-order valence-corrected chi connectivity index (χ2v) is 16.6. The van der Waals surface area contributed by atoms with Crippen molar-refractivity contribution in [2.24, 2.45) is 40.7 Å². The molecule has 6 rings (SSSR count). The van der Waals surface area contributed by atoms with E-state index in [0.29, 0.717) is 47.8 Å². The minimum atomic E-state index is -0.756. The molecule has 0 spiro atoms. The Labute approximate surface area is 296 Å². The van der Waals surface area contributed by atoms with Crippen LogP contribution in [0, 0.1) is 35.0 Å². The largest absolute Gasteiger partial charge is 0.496 e. The monoisotopic (exact) mass is 686 g/mol. The van der Waals surface area contributed by atoms with E-state index in [4.69, 9.17) is 20.0 Å². The number of fused-ring (bicyclic) bond motifs is 2. The molecular weight excluding hydrogens is 618 g/mol. The fraction of sp³-hybridized carbons (Fsp3) is 0.821. The number of ether oxygens (including phenoxy) is 2. The first-order valence-electron chi connectivity index (χ1n) is 19.1. The van der Waals surface area contributed by atoms with E-state index in [1.165, 1.54) is 6.42 Å². The Bertz CT molecular complexity index is 1220. The van der Waals surface area contributed by atoms with E-state index in [2.05, 4.69) is 75.5 Å². The summed E-state index contributed by atoms with van der Waals surface area (Å²) in [4.78, 5) is 22.9. The molecule has 3 saturated carbocycles. The maximum atomic E-state index is 14.2. The lowest BCUT2D eigenvalue weighted by Gasteiger charge is -2.62. The summed E-state index contributed by atoms with van der Waals surface area (Å²) in [5.41, 5.74) is 8.63. The molecule has 2 unspecified atom stereocenters. The van der Waals surface area contributed by atoms with Gasteiger partial charge in [-0.05, 0) is 114 Å². The van der Waals surface area contributed by atoms with Crippen molar-refractivity contribution in [1.29, 1.82) is 0 Å². The normalized spacial score (nSPS) is 32.9. The molecule has 1 aromatic carbocycles. The number of benzene rings is 1. The van der Waals surface area contributed by atoms with E-state index in [0.717, 1.165) is 75.1 Å². The zero-order valence-electron chi connectivity index (χ0n) is 31.6. The summed E-state index contributed by atoms with van der Waals surface area (Å²) in [6.45, 7) is 14.4. The van der Waals surface area contributed by atoms with Crippen molar-refractivity contribution in [2.45, 2.75) is 123 Å². The Morgan fingerprint density at radius 2 is 1.98 bits per heavy atom. The second-order valence-electron chi connectivity index (χ2n) is 16.6. The zero-order valence-corrected chi connectivity index (χ0v) is 31.6. The highest BCUT2D eigenvalue weighted by Gasteiger charge is 2.57. The van der Waals surface area contributed by atoms with Crippen LogP contribution in [0.2, 0.25) is 0 Å². The van der Waals surface area contributed by atoms with Gasteiger partial charge in [0.15, 0.2) is 0 Å². The minimum Gasteiger partial charge on any atom is -0.496 e. The lowest BCUT2D eigenvalue weighted by Crippen LogP contribution is -2.62. The number of aliphatic hydroxyl groups is 1. The summed E-state index contributed by atoms with van der Waals surface area (Å²) in [5.74, 6) is 2.47. The molecule has 11 atom stereocenters. The highest BCUT2D eigenvalue weighted by atomic mass is 16.7. The molecule has 1 aromatic rings. The third kappa shape index (κ3) is 8.65. The number of carbonyl (C=O) groups excluding carboxylic acids is 1. The van der Waals surface area contributed by atoms with Gasteiger partial charge in [0.05, 0.1) is 32.0 Å². The number of rotatable bonds is 17. The number of amides is 1.